The summed E-state index contributed by atoms with van der Waals surface area (Å²) in [5, 5.41) is 6.63. The molecule has 0 aliphatic heterocycles. The van der Waals surface area contributed by atoms with Gasteiger partial charge in [0, 0.05) is 19.6 Å². The Morgan fingerprint density at radius 2 is 2.00 bits per heavy atom. The Hall–Kier alpha value is -1.75. The maximum absolute atomic E-state index is 5.96. The molecular weight excluding hydrogens is 288 g/mol. The lowest BCUT2D eigenvalue weighted by atomic mass is 10.2. The molecule has 5 heteroatoms. The van der Waals surface area contributed by atoms with Gasteiger partial charge in [-0.1, -0.05) is 25.1 Å². The van der Waals surface area contributed by atoms with Gasteiger partial charge in [0.15, 0.2) is 5.96 Å². The number of rotatable bonds is 9. The second-order valence-corrected chi connectivity index (χ2v) is 5.74. The number of hydrogen-bond donors (Lipinski definition) is 2. The van der Waals surface area contributed by atoms with Crippen molar-refractivity contribution >= 4 is 5.96 Å². The minimum atomic E-state index is 0.0323. The summed E-state index contributed by atoms with van der Waals surface area (Å²) in [6, 6.07) is 8.07. The fourth-order valence-corrected chi connectivity index (χ4v) is 2.03. The Bertz CT molecular complexity index is 476. The number of nitrogens with one attached hydrogen (secondary N) is 2. The van der Waals surface area contributed by atoms with Gasteiger partial charge in [0.1, 0.15) is 11.9 Å². The maximum Gasteiger partial charge on any atom is 0.191 e. The molecule has 0 aliphatic carbocycles. The molecule has 5 nitrogen and oxygen atoms in total. The molecule has 0 amide bonds. The number of nitrogens with zero attached hydrogens (tertiary/aromatic N) is 2. The molecular formula is C18H32N4O. The molecule has 0 bridgehead atoms. The summed E-state index contributed by atoms with van der Waals surface area (Å²) in [7, 11) is 2.11. The monoisotopic (exact) mass is 320 g/mol. The largest absolute Gasteiger partial charge is 0.489 e. The summed E-state index contributed by atoms with van der Waals surface area (Å²) >= 11 is 0. The number of guanidine groups is 1. The van der Waals surface area contributed by atoms with Gasteiger partial charge >= 0.3 is 0 Å². The van der Waals surface area contributed by atoms with E-state index in [9.17, 15) is 0 Å². The van der Waals surface area contributed by atoms with E-state index in [1.807, 2.05) is 25.1 Å². The lowest BCUT2D eigenvalue weighted by Crippen LogP contribution is -2.41. The first-order valence-corrected chi connectivity index (χ1v) is 8.49. The van der Waals surface area contributed by atoms with E-state index in [1.54, 1.807) is 0 Å². The van der Waals surface area contributed by atoms with E-state index in [0.717, 1.165) is 43.5 Å². The minimum Gasteiger partial charge on any atom is -0.489 e. The van der Waals surface area contributed by atoms with Crippen molar-refractivity contribution in [2.45, 2.75) is 33.8 Å². The highest BCUT2D eigenvalue weighted by molar-refractivity contribution is 5.79. The maximum atomic E-state index is 5.96. The van der Waals surface area contributed by atoms with Crippen molar-refractivity contribution in [2.24, 2.45) is 4.99 Å². The molecule has 1 aromatic carbocycles. The van der Waals surface area contributed by atoms with Crippen LogP contribution in [0.25, 0.3) is 0 Å². The number of para-hydroxylation sites is 1. The molecule has 0 saturated carbocycles. The highest BCUT2D eigenvalue weighted by Gasteiger charge is 2.06. The van der Waals surface area contributed by atoms with Crippen LogP contribution in [-0.2, 0) is 0 Å². The zero-order valence-corrected chi connectivity index (χ0v) is 15.2. The normalized spacial score (nSPS) is 13.0. The van der Waals surface area contributed by atoms with Crippen LogP contribution in [0, 0.1) is 6.92 Å². The Morgan fingerprint density at radius 1 is 1.26 bits per heavy atom. The zero-order valence-electron chi connectivity index (χ0n) is 15.2. The van der Waals surface area contributed by atoms with Crippen LogP contribution in [0.4, 0.5) is 0 Å². The molecule has 0 heterocycles. The van der Waals surface area contributed by atoms with Crippen molar-refractivity contribution < 1.29 is 4.74 Å². The molecule has 2 N–H and O–H groups in total. The van der Waals surface area contributed by atoms with Gasteiger partial charge in [0.2, 0.25) is 0 Å². The average molecular weight is 320 g/mol. The summed E-state index contributed by atoms with van der Waals surface area (Å²) in [5.41, 5.74) is 1.15. The van der Waals surface area contributed by atoms with Crippen molar-refractivity contribution in [1.82, 2.24) is 15.5 Å². The van der Waals surface area contributed by atoms with Gasteiger partial charge in [0.25, 0.3) is 0 Å². The van der Waals surface area contributed by atoms with Crippen LogP contribution in [0.3, 0.4) is 0 Å². The summed E-state index contributed by atoms with van der Waals surface area (Å²) < 4.78 is 5.96. The predicted molar refractivity (Wildman–Crippen MR) is 98.4 cm³/mol. The van der Waals surface area contributed by atoms with Crippen LogP contribution in [0.1, 0.15) is 26.3 Å². The number of hydrogen-bond acceptors (Lipinski definition) is 3. The van der Waals surface area contributed by atoms with E-state index in [1.165, 1.54) is 0 Å². The molecule has 1 rings (SSSR count). The van der Waals surface area contributed by atoms with E-state index >= 15 is 0 Å². The zero-order chi connectivity index (χ0) is 17.1. The summed E-state index contributed by atoms with van der Waals surface area (Å²) in [6.07, 6.45) is 0.0323. The second kappa shape index (κ2) is 10.9. The summed E-state index contributed by atoms with van der Waals surface area (Å²) in [6.45, 7) is 12.7. The number of ether oxygens (including phenoxy) is 1. The van der Waals surface area contributed by atoms with E-state index in [-0.39, 0.29) is 6.10 Å². The Labute approximate surface area is 141 Å². The van der Waals surface area contributed by atoms with E-state index < -0.39 is 0 Å². The molecule has 1 atom stereocenters. The standard InChI is InChI=1S/C18H32N4O/c1-6-19-18(20-12-13-22(5)7-2)21-14-16(4)23-17-11-9-8-10-15(17)3/h8-11,16H,6-7,12-14H2,1-5H3,(H2,19,20,21). The Kier molecular flexibility index (Phi) is 9.14. The van der Waals surface area contributed by atoms with Crippen LogP contribution in [-0.4, -0.2) is 56.7 Å². The Balaban J connectivity index is 2.47. The summed E-state index contributed by atoms with van der Waals surface area (Å²) in [4.78, 5) is 6.88. The van der Waals surface area contributed by atoms with Crippen molar-refractivity contribution in [3.63, 3.8) is 0 Å². The van der Waals surface area contributed by atoms with Crippen LogP contribution >= 0.6 is 0 Å². The van der Waals surface area contributed by atoms with E-state index in [2.05, 4.69) is 54.4 Å². The van der Waals surface area contributed by atoms with Gasteiger partial charge in [-0.2, -0.15) is 0 Å². The average Bonchev–Trinajstić information content (AvgIpc) is 2.54. The van der Waals surface area contributed by atoms with Gasteiger partial charge in [-0.3, -0.25) is 0 Å². The predicted octanol–water partition coefficient (Wildman–Crippen LogP) is 2.27. The van der Waals surface area contributed by atoms with Crippen LogP contribution in [0.15, 0.2) is 29.3 Å². The molecule has 1 unspecified atom stereocenters. The van der Waals surface area contributed by atoms with Crippen molar-refractivity contribution in [3.05, 3.63) is 29.8 Å². The van der Waals surface area contributed by atoms with E-state index in [4.69, 9.17) is 4.74 Å². The molecule has 23 heavy (non-hydrogen) atoms. The molecule has 0 spiro atoms. The number of aryl methyl sites for hydroxylation is 1. The summed E-state index contributed by atoms with van der Waals surface area (Å²) in [5.74, 6) is 1.77. The van der Waals surface area contributed by atoms with Gasteiger partial charge in [-0.05, 0) is 46.0 Å². The number of aliphatic imine (C=N–C) groups is 1. The van der Waals surface area contributed by atoms with Gasteiger partial charge < -0.3 is 20.3 Å². The third-order valence-electron chi connectivity index (χ3n) is 3.60. The first kappa shape index (κ1) is 19.3. The van der Waals surface area contributed by atoms with E-state index in [0.29, 0.717) is 6.54 Å². The lowest BCUT2D eigenvalue weighted by Gasteiger charge is -2.18. The molecule has 130 valence electrons. The topological polar surface area (TPSA) is 48.9 Å². The fourth-order valence-electron chi connectivity index (χ4n) is 2.03. The first-order valence-electron chi connectivity index (χ1n) is 8.49. The van der Waals surface area contributed by atoms with Crippen molar-refractivity contribution in [1.29, 1.82) is 0 Å². The Morgan fingerprint density at radius 3 is 2.65 bits per heavy atom. The number of likely N-dealkylation sites (N-methyl/N-ethyl adjacent to an activating group) is 1. The highest BCUT2D eigenvalue weighted by atomic mass is 16.5. The fraction of sp³-hybridized carbons (Fsp3) is 0.611. The molecule has 0 fully saturated rings. The molecule has 0 aliphatic rings. The first-order chi connectivity index (χ1) is 11.1. The van der Waals surface area contributed by atoms with Gasteiger partial charge in [0.05, 0.1) is 6.54 Å². The molecule has 0 aromatic heterocycles. The van der Waals surface area contributed by atoms with Crippen LogP contribution < -0.4 is 15.4 Å². The molecule has 0 radical (unpaired) electrons. The molecule has 1 aromatic rings. The quantitative estimate of drug-likeness (QED) is 0.541. The van der Waals surface area contributed by atoms with Crippen molar-refractivity contribution in [3.8, 4) is 5.75 Å². The smallest absolute Gasteiger partial charge is 0.191 e. The third-order valence-corrected chi connectivity index (χ3v) is 3.60. The minimum absolute atomic E-state index is 0.0323. The molecule has 0 saturated heterocycles. The number of benzene rings is 1. The SMILES string of the molecule is CCNC(=NCC(C)Oc1ccccc1C)NCCN(C)CC. The van der Waals surface area contributed by atoms with Crippen molar-refractivity contribution in [2.75, 3.05) is 39.8 Å². The van der Waals surface area contributed by atoms with Crippen LogP contribution in [0.2, 0.25) is 0 Å². The van der Waals surface area contributed by atoms with Gasteiger partial charge in [-0.25, -0.2) is 4.99 Å². The van der Waals surface area contributed by atoms with Gasteiger partial charge in [-0.15, -0.1) is 0 Å². The lowest BCUT2D eigenvalue weighted by molar-refractivity contribution is 0.228. The highest BCUT2D eigenvalue weighted by Crippen LogP contribution is 2.17. The third kappa shape index (κ3) is 7.88. The second-order valence-electron chi connectivity index (χ2n) is 5.74. The van der Waals surface area contributed by atoms with Crippen LogP contribution in [0.5, 0.6) is 5.75 Å².